The van der Waals surface area contributed by atoms with Crippen molar-refractivity contribution >= 4 is 50.2 Å². The largest absolute Gasteiger partial charge is 0.360 e. The third kappa shape index (κ3) is 5.77. The van der Waals surface area contributed by atoms with E-state index in [-0.39, 0.29) is 6.17 Å². The van der Waals surface area contributed by atoms with Gasteiger partial charge >= 0.3 is 0 Å². The van der Waals surface area contributed by atoms with Gasteiger partial charge in [0.1, 0.15) is 6.17 Å². The SMILES string of the molecule is C=C(NC(N=C(CC)c1cc(-n2c3c(c4ccccc42)C(C)CC=C3)cc(-n2c3ccccc3c3ccccc32)c1)c1ccccc1)c1ccccc1. The molecule has 4 heteroatoms. The number of allylic oxidation sites excluding steroid dienone is 1. The average Bonchev–Trinajstić information content (AvgIpc) is 3.74. The van der Waals surface area contributed by atoms with E-state index in [9.17, 15) is 0 Å². The highest BCUT2D eigenvalue weighted by atomic mass is 15.1. The number of benzene rings is 6. The Morgan fingerprint density at radius 3 is 1.87 bits per heavy atom. The quantitative estimate of drug-likeness (QED) is 0.151. The summed E-state index contributed by atoms with van der Waals surface area (Å²) in [6, 6.07) is 54.1. The predicted octanol–water partition coefficient (Wildman–Crippen LogP) is 12.4. The normalized spacial score (nSPS) is 14.8. The first-order valence-electron chi connectivity index (χ1n) is 18.7. The van der Waals surface area contributed by atoms with Crippen LogP contribution in [0.5, 0.6) is 0 Å². The molecule has 0 spiro atoms. The Hall–Kier alpha value is -6.39. The van der Waals surface area contributed by atoms with Crippen LogP contribution >= 0.6 is 0 Å². The van der Waals surface area contributed by atoms with Gasteiger partial charge in [0, 0.05) is 44.6 Å². The minimum Gasteiger partial charge on any atom is -0.360 e. The van der Waals surface area contributed by atoms with Gasteiger partial charge in [0.25, 0.3) is 0 Å². The van der Waals surface area contributed by atoms with E-state index in [0.29, 0.717) is 5.92 Å². The third-order valence-electron chi connectivity index (χ3n) is 10.7. The Morgan fingerprint density at radius 1 is 0.679 bits per heavy atom. The van der Waals surface area contributed by atoms with E-state index in [1.165, 1.54) is 44.0 Å². The van der Waals surface area contributed by atoms with Gasteiger partial charge in [-0.1, -0.05) is 142 Å². The lowest BCUT2D eigenvalue weighted by atomic mass is 9.91. The number of para-hydroxylation sites is 3. The maximum Gasteiger partial charge on any atom is 0.145 e. The summed E-state index contributed by atoms with van der Waals surface area (Å²) in [5.41, 5.74) is 13.6. The van der Waals surface area contributed by atoms with Crippen molar-refractivity contribution in [1.29, 1.82) is 0 Å². The summed E-state index contributed by atoms with van der Waals surface area (Å²) in [7, 11) is 0. The number of aromatic nitrogens is 2. The van der Waals surface area contributed by atoms with E-state index in [0.717, 1.165) is 52.3 Å². The van der Waals surface area contributed by atoms with Crippen LogP contribution in [0, 0.1) is 0 Å². The molecule has 2 heterocycles. The number of hydrogen-bond donors (Lipinski definition) is 1. The fraction of sp³-hybridized carbons (Fsp3) is 0.122. The molecule has 0 radical (unpaired) electrons. The molecule has 53 heavy (non-hydrogen) atoms. The molecule has 0 aliphatic heterocycles. The first kappa shape index (κ1) is 32.5. The van der Waals surface area contributed by atoms with Crippen LogP contribution < -0.4 is 5.32 Å². The van der Waals surface area contributed by atoms with Gasteiger partial charge in [-0.2, -0.15) is 0 Å². The Bertz CT molecular complexity index is 2640. The second-order valence-corrected chi connectivity index (χ2v) is 14.0. The number of nitrogens with zero attached hydrogens (tertiary/aromatic N) is 3. The van der Waals surface area contributed by atoms with Crippen LogP contribution in [0.25, 0.3) is 55.9 Å². The standard InChI is InChI=1S/C49H42N4/c1-4-43(51-49(36-21-9-6-10-22-36)50-34(3)35-19-7-5-8-20-35)37-30-38(52-44-26-14-11-23-40(44)41-24-12-15-27-45(41)52)32-39(31-37)53-46-28-16-13-25-42(46)48-33(2)18-17-29-47(48)53/h5-17,19-33,49-50H,3-4,18H2,1-2H3. The zero-order chi connectivity index (χ0) is 35.9. The monoisotopic (exact) mass is 686 g/mol. The first-order chi connectivity index (χ1) is 26.1. The van der Waals surface area contributed by atoms with Crippen molar-refractivity contribution in [2.45, 2.75) is 38.8 Å². The van der Waals surface area contributed by atoms with E-state index < -0.39 is 0 Å². The molecule has 6 aromatic carbocycles. The maximum absolute atomic E-state index is 5.54. The molecule has 0 fully saturated rings. The van der Waals surface area contributed by atoms with Crippen molar-refractivity contribution in [3.63, 3.8) is 0 Å². The van der Waals surface area contributed by atoms with Gasteiger partial charge in [-0.15, -0.1) is 0 Å². The zero-order valence-electron chi connectivity index (χ0n) is 30.2. The lowest BCUT2D eigenvalue weighted by Crippen LogP contribution is -2.20. The van der Waals surface area contributed by atoms with E-state index in [1.807, 2.05) is 18.2 Å². The highest BCUT2D eigenvalue weighted by molar-refractivity contribution is 6.09. The zero-order valence-corrected chi connectivity index (χ0v) is 30.2. The Morgan fingerprint density at radius 2 is 1.23 bits per heavy atom. The highest BCUT2D eigenvalue weighted by Gasteiger charge is 2.24. The van der Waals surface area contributed by atoms with Crippen LogP contribution in [0.3, 0.4) is 0 Å². The summed E-state index contributed by atoms with van der Waals surface area (Å²) < 4.78 is 4.89. The van der Waals surface area contributed by atoms with E-state index in [2.05, 4.69) is 180 Å². The second kappa shape index (κ2) is 13.6. The minimum atomic E-state index is -0.330. The molecule has 0 bridgehead atoms. The Balaban J connectivity index is 1.30. The van der Waals surface area contributed by atoms with Crippen molar-refractivity contribution in [1.82, 2.24) is 14.5 Å². The maximum atomic E-state index is 5.54. The molecule has 1 aliphatic carbocycles. The van der Waals surface area contributed by atoms with Gasteiger partial charge in [-0.25, -0.2) is 0 Å². The Labute approximate surface area is 311 Å². The molecular formula is C49H42N4. The van der Waals surface area contributed by atoms with Gasteiger partial charge in [0.15, 0.2) is 0 Å². The van der Waals surface area contributed by atoms with Crippen LogP contribution in [0.2, 0.25) is 0 Å². The van der Waals surface area contributed by atoms with Gasteiger partial charge in [0.2, 0.25) is 0 Å². The number of fused-ring (bicyclic) bond motifs is 6. The topological polar surface area (TPSA) is 34.2 Å². The number of rotatable bonds is 9. The summed E-state index contributed by atoms with van der Waals surface area (Å²) in [6.45, 7) is 8.99. The van der Waals surface area contributed by atoms with Crippen LogP contribution in [0.1, 0.15) is 66.7 Å². The van der Waals surface area contributed by atoms with E-state index in [1.54, 1.807) is 0 Å². The van der Waals surface area contributed by atoms with Crippen LogP contribution in [-0.4, -0.2) is 14.8 Å². The molecule has 8 aromatic rings. The summed E-state index contributed by atoms with van der Waals surface area (Å²) in [6.07, 6.45) is 6.11. The molecule has 4 nitrogen and oxygen atoms in total. The fourth-order valence-corrected chi connectivity index (χ4v) is 8.21. The molecule has 0 amide bonds. The highest BCUT2D eigenvalue weighted by Crippen LogP contribution is 2.41. The second-order valence-electron chi connectivity index (χ2n) is 14.0. The smallest absolute Gasteiger partial charge is 0.145 e. The van der Waals surface area contributed by atoms with Crippen LogP contribution in [0.4, 0.5) is 0 Å². The molecule has 1 aliphatic rings. The third-order valence-corrected chi connectivity index (χ3v) is 10.7. The lowest BCUT2D eigenvalue weighted by molar-refractivity contribution is 0.669. The van der Waals surface area contributed by atoms with Gasteiger partial charge in [0.05, 0.1) is 16.6 Å². The molecule has 1 N–H and O–H groups in total. The fourth-order valence-electron chi connectivity index (χ4n) is 8.21. The van der Waals surface area contributed by atoms with Gasteiger partial charge < -0.3 is 14.5 Å². The molecule has 2 aromatic heterocycles. The first-order valence-corrected chi connectivity index (χ1v) is 18.7. The van der Waals surface area contributed by atoms with Crippen molar-refractivity contribution in [3.05, 3.63) is 192 Å². The van der Waals surface area contributed by atoms with Crippen molar-refractivity contribution < 1.29 is 0 Å². The number of hydrogen-bond acceptors (Lipinski definition) is 2. The molecule has 258 valence electrons. The summed E-state index contributed by atoms with van der Waals surface area (Å²) in [5, 5.41) is 7.49. The average molecular weight is 687 g/mol. The number of aliphatic imine (C=N–C) groups is 1. The van der Waals surface area contributed by atoms with E-state index in [4.69, 9.17) is 4.99 Å². The van der Waals surface area contributed by atoms with Crippen molar-refractivity contribution in [3.8, 4) is 11.4 Å². The molecule has 2 atom stereocenters. The Kier molecular flexibility index (Phi) is 8.36. The number of nitrogens with one attached hydrogen (secondary N) is 1. The minimum absolute atomic E-state index is 0.330. The van der Waals surface area contributed by atoms with E-state index >= 15 is 0 Å². The summed E-state index contributed by atoms with van der Waals surface area (Å²) in [5.74, 6) is 0.435. The van der Waals surface area contributed by atoms with Crippen molar-refractivity contribution in [2.75, 3.05) is 0 Å². The molecule has 0 saturated carbocycles. The van der Waals surface area contributed by atoms with Crippen LogP contribution in [0.15, 0.2) is 169 Å². The lowest BCUT2D eigenvalue weighted by Gasteiger charge is -2.22. The van der Waals surface area contributed by atoms with Crippen molar-refractivity contribution in [2.24, 2.45) is 4.99 Å². The summed E-state index contributed by atoms with van der Waals surface area (Å²) >= 11 is 0. The van der Waals surface area contributed by atoms with Gasteiger partial charge in [-0.05, 0) is 83.5 Å². The summed E-state index contributed by atoms with van der Waals surface area (Å²) in [4.78, 5) is 5.54. The van der Waals surface area contributed by atoms with Gasteiger partial charge in [-0.3, -0.25) is 4.99 Å². The molecule has 0 saturated heterocycles. The van der Waals surface area contributed by atoms with Crippen LogP contribution in [-0.2, 0) is 0 Å². The molecule has 9 rings (SSSR count). The predicted molar refractivity (Wildman–Crippen MR) is 224 cm³/mol. The molecule has 2 unspecified atom stereocenters. The molecular weight excluding hydrogens is 645 g/mol.